The molecule has 0 fully saturated rings. The molecule has 1 aromatic carbocycles. The predicted molar refractivity (Wildman–Crippen MR) is 82.2 cm³/mol. The number of hydrogen-bond acceptors (Lipinski definition) is 5. The molecule has 0 aliphatic heterocycles. The van der Waals surface area contributed by atoms with Crippen LogP contribution < -0.4 is 10.6 Å². The van der Waals surface area contributed by atoms with Crippen LogP contribution in [0.2, 0.25) is 0 Å². The molecule has 0 aliphatic rings. The van der Waals surface area contributed by atoms with Crippen LogP contribution in [0.4, 0.5) is 10.8 Å². The van der Waals surface area contributed by atoms with E-state index in [0.29, 0.717) is 11.6 Å². The summed E-state index contributed by atoms with van der Waals surface area (Å²) in [5.41, 5.74) is 2.13. The molecule has 5 nitrogen and oxygen atoms in total. The Morgan fingerprint density at radius 2 is 1.95 bits per heavy atom. The van der Waals surface area contributed by atoms with E-state index in [1.165, 1.54) is 16.9 Å². The van der Waals surface area contributed by atoms with Crippen LogP contribution in [-0.4, -0.2) is 22.1 Å². The Labute approximate surface area is 122 Å². The van der Waals surface area contributed by atoms with Gasteiger partial charge in [0.15, 0.2) is 0 Å². The Hall–Kier alpha value is -1.95. The normalized spacial score (nSPS) is 11.9. The maximum Gasteiger partial charge on any atom is 0.248 e. The third-order valence-electron chi connectivity index (χ3n) is 2.87. The molecule has 0 spiro atoms. The second-order valence-electron chi connectivity index (χ2n) is 4.59. The van der Waals surface area contributed by atoms with Gasteiger partial charge in [0.25, 0.3) is 0 Å². The van der Waals surface area contributed by atoms with E-state index >= 15 is 0 Å². The van der Waals surface area contributed by atoms with Gasteiger partial charge in [0.1, 0.15) is 11.0 Å². The standard InChI is InChI=1S/C14H18N4OS/c1-4-12(15-11-7-5-9(2)6-8-11)13(19)16-14-18-17-10(3)20-14/h5-8,12,15H,4H2,1-3H3,(H,16,18,19). The highest BCUT2D eigenvalue weighted by Gasteiger charge is 2.17. The van der Waals surface area contributed by atoms with Crippen LogP contribution in [0.1, 0.15) is 23.9 Å². The van der Waals surface area contributed by atoms with Crippen molar-refractivity contribution in [1.82, 2.24) is 10.2 Å². The number of carbonyl (C=O) groups excluding carboxylic acids is 1. The average molecular weight is 290 g/mol. The van der Waals surface area contributed by atoms with Crippen LogP contribution in [0.3, 0.4) is 0 Å². The minimum absolute atomic E-state index is 0.0933. The summed E-state index contributed by atoms with van der Waals surface area (Å²) >= 11 is 1.37. The molecule has 1 heterocycles. The number of hydrogen-bond donors (Lipinski definition) is 2. The molecule has 0 saturated carbocycles. The lowest BCUT2D eigenvalue weighted by atomic mass is 10.1. The molecule has 1 aromatic heterocycles. The molecule has 1 unspecified atom stereocenters. The van der Waals surface area contributed by atoms with Gasteiger partial charge in [0.2, 0.25) is 11.0 Å². The average Bonchev–Trinajstić information content (AvgIpc) is 2.83. The van der Waals surface area contributed by atoms with Gasteiger partial charge < -0.3 is 5.32 Å². The van der Waals surface area contributed by atoms with Gasteiger partial charge in [-0.15, -0.1) is 10.2 Å². The highest BCUT2D eigenvalue weighted by molar-refractivity contribution is 7.15. The lowest BCUT2D eigenvalue weighted by molar-refractivity contribution is -0.117. The van der Waals surface area contributed by atoms with Gasteiger partial charge in [-0.3, -0.25) is 10.1 Å². The van der Waals surface area contributed by atoms with Crippen molar-refractivity contribution in [3.05, 3.63) is 34.8 Å². The molecule has 1 atom stereocenters. The molecule has 6 heteroatoms. The summed E-state index contributed by atoms with van der Waals surface area (Å²) in [6.07, 6.45) is 0.692. The summed E-state index contributed by atoms with van der Waals surface area (Å²) in [5.74, 6) is -0.0933. The van der Waals surface area contributed by atoms with Gasteiger partial charge in [0, 0.05) is 5.69 Å². The topological polar surface area (TPSA) is 66.9 Å². The first-order chi connectivity index (χ1) is 9.58. The smallest absolute Gasteiger partial charge is 0.248 e. The van der Waals surface area contributed by atoms with Crippen molar-refractivity contribution in [3.8, 4) is 0 Å². The first-order valence-electron chi connectivity index (χ1n) is 6.52. The van der Waals surface area contributed by atoms with E-state index in [4.69, 9.17) is 0 Å². The molecule has 0 bridgehead atoms. The summed E-state index contributed by atoms with van der Waals surface area (Å²) < 4.78 is 0. The summed E-state index contributed by atoms with van der Waals surface area (Å²) in [7, 11) is 0. The van der Waals surface area contributed by atoms with Crippen molar-refractivity contribution in [1.29, 1.82) is 0 Å². The van der Waals surface area contributed by atoms with Crippen molar-refractivity contribution in [3.63, 3.8) is 0 Å². The third kappa shape index (κ3) is 3.77. The highest BCUT2D eigenvalue weighted by Crippen LogP contribution is 2.16. The van der Waals surface area contributed by atoms with Crippen LogP contribution >= 0.6 is 11.3 Å². The maximum atomic E-state index is 12.2. The maximum absolute atomic E-state index is 12.2. The summed E-state index contributed by atoms with van der Waals surface area (Å²) in [6.45, 7) is 5.86. The number of benzene rings is 1. The number of anilines is 2. The minimum atomic E-state index is -0.290. The molecule has 0 saturated heterocycles. The Kier molecular flexibility index (Phi) is 4.68. The molecule has 20 heavy (non-hydrogen) atoms. The van der Waals surface area contributed by atoms with Crippen molar-refractivity contribution in [2.24, 2.45) is 0 Å². The number of nitrogens with zero attached hydrogens (tertiary/aromatic N) is 2. The Morgan fingerprint density at radius 1 is 1.25 bits per heavy atom. The quantitative estimate of drug-likeness (QED) is 0.888. The Morgan fingerprint density at radius 3 is 2.50 bits per heavy atom. The van der Waals surface area contributed by atoms with E-state index in [1.54, 1.807) is 0 Å². The first kappa shape index (κ1) is 14.5. The van der Waals surface area contributed by atoms with E-state index in [-0.39, 0.29) is 11.9 Å². The van der Waals surface area contributed by atoms with Crippen LogP contribution in [0.5, 0.6) is 0 Å². The Bertz CT molecular complexity index is 579. The molecule has 0 radical (unpaired) electrons. The number of rotatable bonds is 5. The highest BCUT2D eigenvalue weighted by atomic mass is 32.1. The van der Waals surface area contributed by atoms with Crippen LogP contribution in [0.15, 0.2) is 24.3 Å². The summed E-state index contributed by atoms with van der Waals surface area (Å²) in [6, 6.07) is 7.69. The van der Waals surface area contributed by atoms with Crippen LogP contribution in [0, 0.1) is 13.8 Å². The van der Waals surface area contributed by atoms with Gasteiger partial charge in [-0.05, 0) is 32.4 Å². The fourth-order valence-corrected chi connectivity index (χ4v) is 2.34. The molecule has 2 rings (SSSR count). The van der Waals surface area contributed by atoms with E-state index in [9.17, 15) is 4.79 Å². The number of carbonyl (C=O) groups is 1. The summed E-state index contributed by atoms with van der Waals surface area (Å²) in [5, 5.41) is 15.2. The lowest BCUT2D eigenvalue weighted by Crippen LogP contribution is -2.34. The van der Waals surface area contributed by atoms with E-state index in [0.717, 1.165) is 10.7 Å². The number of aromatic nitrogens is 2. The molecular weight excluding hydrogens is 272 g/mol. The molecule has 2 aromatic rings. The number of amides is 1. The zero-order valence-electron chi connectivity index (χ0n) is 11.8. The summed E-state index contributed by atoms with van der Waals surface area (Å²) in [4.78, 5) is 12.2. The zero-order chi connectivity index (χ0) is 14.5. The molecule has 0 aliphatic carbocycles. The van der Waals surface area contributed by atoms with Gasteiger partial charge in [0.05, 0.1) is 0 Å². The molecule has 2 N–H and O–H groups in total. The number of nitrogens with one attached hydrogen (secondary N) is 2. The Balaban J connectivity index is 2.00. The third-order valence-corrected chi connectivity index (χ3v) is 3.63. The van der Waals surface area contributed by atoms with Crippen molar-refractivity contribution in [2.45, 2.75) is 33.2 Å². The van der Waals surface area contributed by atoms with Crippen LogP contribution in [0.25, 0.3) is 0 Å². The second kappa shape index (κ2) is 6.47. The van der Waals surface area contributed by atoms with Crippen molar-refractivity contribution >= 4 is 28.1 Å². The SMILES string of the molecule is CCC(Nc1ccc(C)cc1)C(=O)Nc1nnc(C)s1. The van der Waals surface area contributed by atoms with E-state index < -0.39 is 0 Å². The molecular formula is C14H18N4OS. The molecule has 1 amide bonds. The van der Waals surface area contributed by atoms with Gasteiger partial charge in [-0.2, -0.15) is 0 Å². The number of aryl methyl sites for hydroxylation is 2. The fraction of sp³-hybridized carbons (Fsp3) is 0.357. The predicted octanol–water partition coefficient (Wildman–Crippen LogP) is 2.98. The second-order valence-corrected chi connectivity index (χ2v) is 5.77. The van der Waals surface area contributed by atoms with Crippen molar-refractivity contribution < 1.29 is 4.79 Å². The molecule has 106 valence electrons. The van der Waals surface area contributed by atoms with E-state index in [2.05, 4.69) is 20.8 Å². The van der Waals surface area contributed by atoms with Gasteiger partial charge in [-0.25, -0.2) is 0 Å². The first-order valence-corrected chi connectivity index (χ1v) is 7.34. The van der Waals surface area contributed by atoms with Crippen molar-refractivity contribution in [2.75, 3.05) is 10.6 Å². The zero-order valence-corrected chi connectivity index (χ0v) is 12.6. The van der Waals surface area contributed by atoms with Crippen LogP contribution in [-0.2, 0) is 4.79 Å². The van der Waals surface area contributed by atoms with Gasteiger partial charge >= 0.3 is 0 Å². The monoisotopic (exact) mass is 290 g/mol. The lowest BCUT2D eigenvalue weighted by Gasteiger charge is -2.17. The van der Waals surface area contributed by atoms with Gasteiger partial charge in [-0.1, -0.05) is 36.0 Å². The fourth-order valence-electron chi connectivity index (χ4n) is 1.74. The van der Waals surface area contributed by atoms with E-state index in [1.807, 2.05) is 45.0 Å². The minimum Gasteiger partial charge on any atom is -0.374 e. The largest absolute Gasteiger partial charge is 0.374 e.